The molecule has 0 aromatic carbocycles. The van der Waals surface area contributed by atoms with Gasteiger partial charge in [-0.2, -0.15) is 13.2 Å². The summed E-state index contributed by atoms with van der Waals surface area (Å²) in [5.74, 6) is -1.22. The number of aliphatic carboxylic acids is 1. The molecule has 0 saturated heterocycles. The van der Waals surface area contributed by atoms with Gasteiger partial charge in [-0.15, -0.1) is 0 Å². The summed E-state index contributed by atoms with van der Waals surface area (Å²) < 4.78 is 36.8. The van der Waals surface area contributed by atoms with Crippen molar-refractivity contribution in [3.63, 3.8) is 0 Å². The molecule has 1 heterocycles. The number of nitrogens with two attached hydrogens (primary N) is 1. The minimum Gasteiger partial charge on any atom is -0.480 e. The van der Waals surface area contributed by atoms with Gasteiger partial charge in [-0.1, -0.05) is 0 Å². The lowest BCUT2D eigenvalue weighted by Gasteiger charge is -2.06. The SMILES string of the molecule is N[C@@H](Cc1cn(CC(F)(F)F)cn1)C(=O)O. The highest BCUT2D eigenvalue weighted by Gasteiger charge is 2.28. The predicted molar refractivity (Wildman–Crippen MR) is 47.6 cm³/mol. The van der Waals surface area contributed by atoms with Crippen LogP contribution < -0.4 is 5.73 Å². The molecule has 0 radical (unpaired) electrons. The molecule has 0 fully saturated rings. The van der Waals surface area contributed by atoms with Crippen LogP contribution in [0, 0.1) is 0 Å². The zero-order valence-corrected chi connectivity index (χ0v) is 8.11. The van der Waals surface area contributed by atoms with Crippen LogP contribution in [0.3, 0.4) is 0 Å². The number of hydrogen-bond acceptors (Lipinski definition) is 3. The first-order chi connectivity index (χ1) is 7.28. The number of alkyl halides is 3. The Kier molecular flexibility index (Phi) is 3.53. The van der Waals surface area contributed by atoms with Crippen LogP contribution >= 0.6 is 0 Å². The number of carboxylic acid groups (broad SMARTS) is 1. The molecule has 1 rings (SSSR count). The second-order valence-electron chi connectivity index (χ2n) is 3.30. The van der Waals surface area contributed by atoms with Crippen molar-refractivity contribution in [3.8, 4) is 0 Å². The van der Waals surface area contributed by atoms with E-state index in [1.807, 2.05) is 0 Å². The zero-order valence-electron chi connectivity index (χ0n) is 8.11. The summed E-state index contributed by atoms with van der Waals surface area (Å²) in [6.07, 6.45) is -2.29. The van der Waals surface area contributed by atoms with Crippen molar-refractivity contribution in [1.29, 1.82) is 0 Å². The van der Waals surface area contributed by atoms with Gasteiger partial charge in [-0.05, 0) is 0 Å². The fraction of sp³-hybridized carbons (Fsp3) is 0.500. The summed E-state index contributed by atoms with van der Waals surface area (Å²) in [7, 11) is 0. The van der Waals surface area contributed by atoms with Gasteiger partial charge >= 0.3 is 12.1 Å². The highest BCUT2D eigenvalue weighted by atomic mass is 19.4. The molecule has 1 aromatic rings. The molecule has 0 saturated carbocycles. The third kappa shape index (κ3) is 3.89. The first kappa shape index (κ1) is 12.5. The topological polar surface area (TPSA) is 81.1 Å². The molecule has 1 atom stereocenters. The molecule has 1 aromatic heterocycles. The quantitative estimate of drug-likeness (QED) is 0.794. The van der Waals surface area contributed by atoms with E-state index >= 15 is 0 Å². The van der Waals surface area contributed by atoms with Crippen LogP contribution in [0.2, 0.25) is 0 Å². The molecule has 0 aliphatic carbocycles. The maximum absolute atomic E-state index is 12.0. The van der Waals surface area contributed by atoms with Crippen molar-refractivity contribution >= 4 is 5.97 Å². The van der Waals surface area contributed by atoms with E-state index in [0.29, 0.717) is 0 Å². The van der Waals surface area contributed by atoms with Gasteiger partial charge in [0.15, 0.2) is 0 Å². The normalized spacial score (nSPS) is 13.8. The lowest BCUT2D eigenvalue weighted by Crippen LogP contribution is -2.32. The molecule has 16 heavy (non-hydrogen) atoms. The van der Waals surface area contributed by atoms with Crippen molar-refractivity contribution in [3.05, 3.63) is 18.2 Å². The Morgan fingerprint density at radius 2 is 2.25 bits per heavy atom. The average Bonchev–Trinajstić information content (AvgIpc) is 2.49. The fourth-order valence-corrected chi connectivity index (χ4v) is 1.12. The Hall–Kier alpha value is -1.57. The van der Waals surface area contributed by atoms with Gasteiger partial charge in [0.1, 0.15) is 12.6 Å². The largest absolute Gasteiger partial charge is 0.480 e. The molecule has 3 N–H and O–H groups in total. The van der Waals surface area contributed by atoms with Gasteiger partial charge in [0, 0.05) is 12.6 Å². The van der Waals surface area contributed by atoms with Crippen LogP contribution in [0.5, 0.6) is 0 Å². The summed E-state index contributed by atoms with van der Waals surface area (Å²) in [5.41, 5.74) is 5.44. The third-order valence-corrected chi connectivity index (χ3v) is 1.79. The molecule has 0 bridgehead atoms. The van der Waals surface area contributed by atoms with Gasteiger partial charge in [0.2, 0.25) is 0 Å². The summed E-state index contributed by atoms with van der Waals surface area (Å²) >= 11 is 0. The van der Waals surface area contributed by atoms with Crippen molar-refractivity contribution in [1.82, 2.24) is 9.55 Å². The maximum atomic E-state index is 12.0. The number of hydrogen-bond donors (Lipinski definition) is 2. The number of aromatic nitrogens is 2. The van der Waals surface area contributed by atoms with E-state index in [0.717, 1.165) is 17.1 Å². The van der Waals surface area contributed by atoms with Gasteiger partial charge in [0.05, 0.1) is 12.0 Å². The number of carboxylic acids is 1. The Morgan fingerprint density at radius 3 is 2.75 bits per heavy atom. The molecule has 0 amide bonds. The standard InChI is InChI=1S/C8H10F3N3O2/c9-8(10,11)3-14-2-5(13-4-14)1-6(12)7(15)16/h2,4,6H,1,3,12H2,(H,15,16)/t6-/m0/s1. The van der Waals surface area contributed by atoms with Crippen molar-refractivity contribution in [2.24, 2.45) is 5.73 Å². The minimum absolute atomic E-state index is 0.0970. The van der Waals surface area contributed by atoms with Crippen LogP contribution in [-0.4, -0.2) is 32.8 Å². The van der Waals surface area contributed by atoms with Gasteiger partial charge in [-0.3, -0.25) is 4.79 Å². The first-order valence-corrected chi connectivity index (χ1v) is 4.34. The molecule has 0 aliphatic rings. The molecule has 5 nitrogen and oxygen atoms in total. The van der Waals surface area contributed by atoms with Crippen molar-refractivity contribution in [2.75, 3.05) is 0 Å². The summed E-state index contributed by atoms with van der Waals surface area (Å²) in [4.78, 5) is 14.0. The van der Waals surface area contributed by atoms with Crippen molar-refractivity contribution in [2.45, 2.75) is 25.2 Å². The molecule has 0 aliphatic heterocycles. The molecule has 90 valence electrons. The average molecular weight is 237 g/mol. The number of imidazole rings is 1. The molecular formula is C8H10F3N3O2. The van der Waals surface area contributed by atoms with Gasteiger partial charge in [-0.25, -0.2) is 4.98 Å². The highest BCUT2D eigenvalue weighted by molar-refractivity contribution is 5.73. The lowest BCUT2D eigenvalue weighted by molar-refractivity contribution is -0.141. The number of rotatable bonds is 4. The first-order valence-electron chi connectivity index (χ1n) is 4.34. The van der Waals surface area contributed by atoms with E-state index in [4.69, 9.17) is 10.8 Å². The van der Waals surface area contributed by atoms with E-state index < -0.39 is 24.7 Å². The Morgan fingerprint density at radius 1 is 1.62 bits per heavy atom. The summed E-state index contributed by atoms with van der Waals surface area (Å²) in [5, 5.41) is 8.50. The van der Waals surface area contributed by atoms with Crippen LogP contribution in [0.4, 0.5) is 13.2 Å². The Bertz CT molecular complexity index is 375. The molecule has 0 unspecified atom stereocenters. The van der Waals surface area contributed by atoms with Crippen molar-refractivity contribution < 1.29 is 23.1 Å². The fourth-order valence-electron chi connectivity index (χ4n) is 1.12. The predicted octanol–water partition coefficient (Wildman–Crippen LogP) is 0.400. The van der Waals surface area contributed by atoms with Crippen LogP contribution in [0.25, 0.3) is 0 Å². The number of nitrogens with zero attached hydrogens (tertiary/aromatic N) is 2. The Balaban J connectivity index is 2.62. The Labute approximate surface area is 88.7 Å². The van der Waals surface area contributed by atoms with Gasteiger partial charge in [0.25, 0.3) is 0 Å². The minimum atomic E-state index is -4.33. The maximum Gasteiger partial charge on any atom is 0.406 e. The van der Waals surface area contributed by atoms with E-state index in [2.05, 4.69) is 4.98 Å². The molecular weight excluding hydrogens is 227 g/mol. The van der Waals surface area contributed by atoms with Crippen LogP contribution in [-0.2, 0) is 17.8 Å². The second kappa shape index (κ2) is 4.52. The smallest absolute Gasteiger partial charge is 0.406 e. The summed E-state index contributed by atoms with van der Waals surface area (Å²) in [6.45, 7) is -1.15. The van der Waals surface area contributed by atoms with E-state index in [-0.39, 0.29) is 12.1 Å². The molecule has 8 heteroatoms. The lowest BCUT2D eigenvalue weighted by atomic mass is 10.2. The van der Waals surface area contributed by atoms with E-state index in [1.165, 1.54) is 0 Å². The van der Waals surface area contributed by atoms with E-state index in [1.54, 1.807) is 0 Å². The number of carbonyl (C=O) groups is 1. The third-order valence-electron chi connectivity index (χ3n) is 1.79. The van der Waals surface area contributed by atoms with Crippen LogP contribution in [0.1, 0.15) is 5.69 Å². The monoisotopic (exact) mass is 237 g/mol. The van der Waals surface area contributed by atoms with E-state index in [9.17, 15) is 18.0 Å². The number of halogens is 3. The summed E-state index contributed by atoms with van der Waals surface area (Å²) in [6, 6.07) is -1.16. The molecule has 0 spiro atoms. The van der Waals surface area contributed by atoms with Crippen LogP contribution in [0.15, 0.2) is 12.5 Å². The highest BCUT2D eigenvalue weighted by Crippen LogP contribution is 2.17. The second-order valence-corrected chi connectivity index (χ2v) is 3.30. The zero-order chi connectivity index (χ0) is 12.3. The van der Waals surface area contributed by atoms with Gasteiger partial charge < -0.3 is 15.4 Å².